The molecule has 7 nitrogen and oxygen atoms in total. The fourth-order valence-electron chi connectivity index (χ4n) is 2.64. The van der Waals surface area contributed by atoms with Crippen LogP contribution in [0.5, 0.6) is 11.5 Å². The van der Waals surface area contributed by atoms with E-state index in [4.69, 9.17) is 9.47 Å². The maximum atomic E-state index is 12.3. The molecule has 2 aliphatic heterocycles. The molecular formula is C16H19N3O4S. The highest BCUT2D eigenvalue weighted by Gasteiger charge is 2.39. The van der Waals surface area contributed by atoms with Crippen molar-refractivity contribution in [3.63, 3.8) is 0 Å². The summed E-state index contributed by atoms with van der Waals surface area (Å²) < 4.78 is 10.4. The van der Waals surface area contributed by atoms with Crippen LogP contribution in [0.25, 0.3) is 0 Å². The van der Waals surface area contributed by atoms with Gasteiger partial charge in [0.05, 0.1) is 19.9 Å². The van der Waals surface area contributed by atoms with E-state index in [2.05, 4.69) is 10.3 Å². The van der Waals surface area contributed by atoms with Crippen LogP contribution in [-0.4, -0.2) is 54.4 Å². The first kappa shape index (κ1) is 16.6. The molecule has 1 saturated heterocycles. The monoisotopic (exact) mass is 349 g/mol. The van der Waals surface area contributed by atoms with Gasteiger partial charge in [0.1, 0.15) is 16.7 Å². The second-order valence-electron chi connectivity index (χ2n) is 5.43. The Kier molecular flexibility index (Phi) is 4.94. The van der Waals surface area contributed by atoms with Crippen molar-refractivity contribution < 1.29 is 19.1 Å². The van der Waals surface area contributed by atoms with Gasteiger partial charge in [0.2, 0.25) is 11.8 Å². The van der Waals surface area contributed by atoms with Gasteiger partial charge in [-0.2, -0.15) is 0 Å². The van der Waals surface area contributed by atoms with E-state index in [0.29, 0.717) is 23.7 Å². The first-order valence-corrected chi connectivity index (χ1v) is 8.54. The Morgan fingerprint density at radius 2 is 2.25 bits per heavy atom. The van der Waals surface area contributed by atoms with Crippen LogP contribution in [0.4, 0.5) is 5.69 Å². The van der Waals surface area contributed by atoms with E-state index in [-0.39, 0.29) is 18.2 Å². The number of nitrogens with one attached hydrogen (secondary N) is 1. The average Bonchev–Trinajstić information content (AvgIpc) is 2.91. The number of amidine groups is 1. The van der Waals surface area contributed by atoms with Crippen molar-refractivity contribution in [3.05, 3.63) is 18.2 Å². The molecule has 24 heavy (non-hydrogen) atoms. The number of ether oxygens (including phenoxy) is 2. The molecule has 2 heterocycles. The predicted molar refractivity (Wildman–Crippen MR) is 92.8 cm³/mol. The number of fused-ring (bicyclic) bond motifs is 1. The lowest BCUT2D eigenvalue weighted by atomic mass is 10.2. The quantitative estimate of drug-likeness (QED) is 0.876. The molecule has 1 fully saturated rings. The van der Waals surface area contributed by atoms with Crippen molar-refractivity contribution in [2.75, 3.05) is 32.6 Å². The van der Waals surface area contributed by atoms with Crippen LogP contribution in [0.3, 0.4) is 0 Å². The van der Waals surface area contributed by atoms with Gasteiger partial charge in [0, 0.05) is 25.6 Å². The highest BCUT2D eigenvalue weighted by atomic mass is 32.2. The Balaban J connectivity index is 1.65. The summed E-state index contributed by atoms with van der Waals surface area (Å²) in [5.74, 6) is 0.885. The van der Waals surface area contributed by atoms with Gasteiger partial charge in [-0.05, 0) is 18.6 Å². The number of benzene rings is 1. The molecule has 1 unspecified atom stereocenters. The van der Waals surface area contributed by atoms with Gasteiger partial charge < -0.3 is 14.8 Å². The third-order valence-electron chi connectivity index (χ3n) is 3.86. The molecule has 2 aliphatic rings. The number of aliphatic imine (C=N–C) groups is 1. The molecule has 1 aromatic carbocycles. The van der Waals surface area contributed by atoms with E-state index in [1.54, 1.807) is 30.2 Å². The molecule has 3 rings (SSSR count). The number of hydrogen-bond acceptors (Lipinski definition) is 6. The SMILES string of the molecule is COc1ccc(NC(=O)CC2SC3=NCCCN3C2=O)c(OC)c1. The summed E-state index contributed by atoms with van der Waals surface area (Å²) in [5.41, 5.74) is 0.550. The Morgan fingerprint density at radius 1 is 1.42 bits per heavy atom. The third kappa shape index (κ3) is 3.33. The molecule has 0 aromatic heterocycles. The number of nitrogens with zero attached hydrogens (tertiary/aromatic N) is 2. The van der Waals surface area contributed by atoms with E-state index in [9.17, 15) is 9.59 Å². The first-order valence-electron chi connectivity index (χ1n) is 7.66. The molecule has 1 aromatic rings. The van der Waals surface area contributed by atoms with Crippen molar-refractivity contribution in [2.24, 2.45) is 4.99 Å². The topological polar surface area (TPSA) is 80.2 Å². The van der Waals surface area contributed by atoms with Gasteiger partial charge in [0.25, 0.3) is 0 Å². The summed E-state index contributed by atoms with van der Waals surface area (Å²) >= 11 is 1.37. The molecule has 0 spiro atoms. The zero-order valence-electron chi connectivity index (χ0n) is 13.6. The van der Waals surface area contributed by atoms with Crippen molar-refractivity contribution in [1.82, 2.24) is 4.90 Å². The molecule has 2 amide bonds. The van der Waals surface area contributed by atoms with Gasteiger partial charge in [0.15, 0.2) is 5.17 Å². The molecule has 0 saturated carbocycles. The number of amides is 2. The lowest BCUT2D eigenvalue weighted by Crippen LogP contribution is -2.36. The number of rotatable bonds is 5. The average molecular weight is 349 g/mol. The molecule has 128 valence electrons. The molecular weight excluding hydrogens is 330 g/mol. The first-order chi connectivity index (χ1) is 11.6. The van der Waals surface area contributed by atoms with Crippen LogP contribution in [0.2, 0.25) is 0 Å². The minimum absolute atomic E-state index is 0.0321. The maximum absolute atomic E-state index is 12.3. The molecule has 1 N–H and O–H groups in total. The number of anilines is 1. The molecule has 8 heteroatoms. The number of thioether (sulfide) groups is 1. The lowest BCUT2D eigenvalue weighted by Gasteiger charge is -2.19. The highest BCUT2D eigenvalue weighted by molar-refractivity contribution is 8.15. The molecule has 1 atom stereocenters. The van der Waals surface area contributed by atoms with Crippen molar-refractivity contribution in [1.29, 1.82) is 0 Å². The van der Waals surface area contributed by atoms with Crippen LogP contribution in [-0.2, 0) is 9.59 Å². The Bertz CT molecular complexity index is 692. The number of methoxy groups -OCH3 is 2. The Hall–Kier alpha value is -2.22. The van der Waals surface area contributed by atoms with E-state index in [1.165, 1.54) is 18.9 Å². The Morgan fingerprint density at radius 3 is 2.96 bits per heavy atom. The fourth-order valence-corrected chi connectivity index (χ4v) is 3.83. The number of carbonyl (C=O) groups excluding carboxylic acids is 2. The van der Waals surface area contributed by atoms with E-state index < -0.39 is 5.25 Å². The minimum atomic E-state index is -0.411. The van der Waals surface area contributed by atoms with Crippen molar-refractivity contribution in [3.8, 4) is 11.5 Å². The summed E-state index contributed by atoms with van der Waals surface area (Å²) in [6, 6.07) is 5.15. The smallest absolute Gasteiger partial charge is 0.242 e. The third-order valence-corrected chi connectivity index (χ3v) is 5.07. The zero-order valence-corrected chi connectivity index (χ0v) is 14.4. The second kappa shape index (κ2) is 7.12. The zero-order chi connectivity index (χ0) is 17.1. The molecule has 0 radical (unpaired) electrons. The van der Waals surface area contributed by atoms with E-state index >= 15 is 0 Å². The maximum Gasteiger partial charge on any atom is 0.242 e. The van der Waals surface area contributed by atoms with Gasteiger partial charge in [-0.1, -0.05) is 11.8 Å². The van der Waals surface area contributed by atoms with Crippen molar-refractivity contribution >= 4 is 34.4 Å². The standard InChI is InChI=1S/C16H19N3O4S/c1-22-10-4-5-11(12(8-10)23-2)18-14(20)9-13-15(21)19-7-3-6-17-16(19)24-13/h4-5,8,13H,3,6-7,9H2,1-2H3,(H,18,20). The summed E-state index contributed by atoms with van der Waals surface area (Å²) in [6.07, 6.45) is 0.978. The van der Waals surface area contributed by atoms with Crippen LogP contribution in [0.15, 0.2) is 23.2 Å². The van der Waals surface area contributed by atoms with E-state index in [1.807, 2.05) is 0 Å². The normalized spacial score (nSPS) is 19.6. The minimum Gasteiger partial charge on any atom is -0.497 e. The predicted octanol–water partition coefficient (Wildman–Crippen LogP) is 1.74. The van der Waals surface area contributed by atoms with Gasteiger partial charge in [-0.25, -0.2) is 0 Å². The van der Waals surface area contributed by atoms with Crippen LogP contribution >= 0.6 is 11.8 Å². The fraction of sp³-hybridized carbons (Fsp3) is 0.438. The van der Waals surface area contributed by atoms with Crippen molar-refractivity contribution in [2.45, 2.75) is 18.1 Å². The lowest BCUT2D eigenvalue weighted by molar-refractivity contribution is -0.128. The highest BCUT2D eigenvalue weighted by Crippen LogP contribution is 2.33. The number of hydrogen-bond donors (Lipinski definition) is 1. The summed E-state index contributed by atoms with van der Waals surface area (Å²) in [4.78, 5) is 30.7. The van der Waals surface area contributed by atoms with Crippen LogP contribution < -0.4 is 14.8 Å². The van der Waals surface area contributed by atoms with Crippen LogP contribution in [0.1, 0.15) is 12.8 Å². The summed E-state index contributed by atoms with van der Waals surface area (Å²) in [6.45, 7) is 1.43. The van der Waals surface area contributed by atoms with E-state index in [0.717, 1.165) is 18.1 Å². The summed E-state index contributed by atoms with van der Waals surface area (Å²) in [5, 5.41) is 3.13. The molecule has 0 aliphatic carbocycles. The van der Waals surface area contributed by atoms with Gasteiger partial charge >= 0.3 is 0 Å². The molecule has 0 bridgehead atoms. The summed E-state index contributed by atoms with van der Waals surface area (Å²) in [7, 11) is 3.09. The largest absolute Gasteiger partial charge is 0.497 e. The number of carbonyl (C=O) groups is 2. The van der Waals surface area contributed by atoms with Crippen LogP contribution in [0, 0.1) is 0 Å². The van der Waals surface area contributed by atoms with Gasteiger partial charge in [-0.3, -0.25) is 19.5 Å². The van der Waals surface area contributed by atoms with Gasteiger partial charge in [-0.15, -0.1) is 0 Å². The Labute approximate surface area is 144 Å². The second-order valence-corrected chi connectivity index (χ2v) is 6.60.